The SMILES string of the molecule is CCn1cnc2cc(NC(=O)C[C@@H]3CCCN(C(=O)Cn4nc(C)ccc4=O)C3)ccc21. The molecule has 0 aliphatic carbocycles. The number of fused-ring (bicyclic) bond motifs is 1. The van der Waals surface area contributed by atoms with Crippen LogP contribution in [0.5, 0.6) is 0 Å². The predicted octanol–water partition coefficient (Wildman–Crippen LogP) is 2.19. The van der Waals surface area contributed by atoms with Crippen LogP contribution in [0.15, 0.2) is 41.5 Å². The number of nitrogens with zero attached hydrogens (tertiary/aromatic N) is 5. The average molecular weight is 437 g/mol. The molecule has 1 N–H and O–H groups in total. The molecule has 9 nitrogen and oxygen atoms in total. The van der Waals surface area contributed by atoms with E-state index in [-0.39, 0.29) is 29.8 Å². The fraction of sp³-hybridized carbons (Fsp3) is 0.435. The Morgan fingerprint density at radius 1 is 1.22 bits per heavy atom. The summed E-state index contributed by atoms with van der Waals surface area (Å²) in [6.07, 6.45) is 3.86. The van der Waals surface area contributed by atoms with Gasteiger partial charge in [-0.05, 0) is 56.9 Å². The molecule has 0 bridgehead atoms. The first-order valence-electron chi connectivity index (χ1n) is 11.0. The molecule has 4 rings (SSSR count). The quantitative estimate of drug-likeness (QED) is 0.638. The van der Waals surface area contributed by atoms with E-state index in [9.17, 15) is 14.4 Å². The lowest BCUT2D eigenvalue weighted by Crippen LogP contribution is -2.43. The van der Waals surface area contributed by atoms with Gasteiger partial charge in [0.05, 0.1) is 23.1 Å². The summed E-state index contributed by atoms with van der Waals surface area (Å²) < 4.78 is 3.25. The summed E-state index contributed by atoms with van der Waals surface area (Å²) in [6.45, 7) is 5.74. The van der Waals surface area contributed by atoms with Gasteiger partial charge in [0, 0.05) is 37.8 Å². The van der Waals surface area contributed by atoms with Crippen LogP contribution >= 0.6 is 0 Å². The van der Waals surface area contributed by atoms with Crippen molar-refractivity contribution in [1.82, 2.24) is 24.2 Å². The monoisotopic (exact) mass is 436 g/mol. The van der Waals surface area contributed by atoms with E-state index in [1.54, 1.807) is 24.2 Å². The molecule has 32 heavy (non-hydrogen) atoms. The normalized spacial score (nSPS) is 16.3. The number of aryl methyl sites for hydroxylation is 2. The maximum atomic E-state index is 12.7. The van der Waals surface area contributed by atoms with E-state index in [1.165, 1.54) is 10.7 Å². The third kappa shape index (κ3) is 4.87. The number of hydrogen-bond acceptors (Lipinski definition) is 5. The van der Waals surface area contributed by atoms with Crippen LogP contribution < -0.4 is 10.9 Å². The molecule has 168 valence electrons. The van der Waals surface area contributed by atoms with Crippen molar-refractivity contribution in [2.45, 2.75) is 46.2 Å². The van der Waals surface area contributed by atoms with Gasteiger partial charge >= 0.3 is 0 Å². The van der Waals surface area contributed by atoms with Gasteiger partial charge in [-0.25, -0.2) is 9.67 Å². The number of carbonyl (C=O) groups excluding carboxylic acids is 2. The summed E-state index contributed by atoms with van der Waals surface area (Å²) in [5.41, 5.74) is 2.99. The third-order valence-corrected chi connectivity index (χ3v) is 5.88. The zero-order chi connectivity index (χ0) is 22.7. The molecule has 0 radical (unpaired) electrons. The van der Waals surface area contributed by atoms with Gasteiger partial charge in [-0.1, -0.05) is 0 Å². The number of benzene rings is 1. The van der Waals surface area contributed by atoms with E-state index in [1.807, 2.05) is 18.2 Å². The second kappa shape index (κ2) is 9.33. The first kappa shape index (κ1) is 21.7. The predicted molar refractivity (Wildman–Crippen MR) is 121 cm³/mol. The molecular weight excluding hydrogens is 408 g/mol. The molecule has 1 aromatic carbocycles. The number of nitrogens with one attached hydrogen (secondary N) is 1. The molecule has 9 heteroatoms. The summed E-state index contributed by atoms with van der Waals surface area (Å²) in [4.78, 5) is 43.4. The van der Waals surface area contributed by atoms with E-state index < -0.39 is 0 Å². The lowest BCUT2D eigenvalue weighted by Gasteiger charge is -2.32. The highest BCUT2D eigenvalue weighted by Gasteiger charge is 2.26. The van der Waals surface area contributed by atoms with Crippen LogP contribution in [0.25, 0.3) is 11.0 Å². The topological polar surface area (TPSA) is 102 Å². The van der Waals surface area contributed by atoms with Crippen LogP contribution in [0.2, 0.25) is 0 Å². The van der Waals surface area contributed by atoms with Gasteiger partial charge in [0.2, 0.25) is 11.8 Å². The van der Waals surface area contributed by atoms with Crippen molar-refractivity contribution in [2.24, 2.45) is 5.92 Å². The summed E-state index contributed by atoms with van der Waals surface area (Å²) in [5.74, 6) is -0.139. The highest BCUT2D eigenvalue weighted by Crippen LogP contribution is 2.22. The van der Waals surface area contributed by atoms with Gasteiger partial charge < -0.3 is 14.8 Å². The lowest BCUT2D eigenvalue weighted by atomic mass is 9.94. The second-order valence-corrected chi connectivity index (χ2v) is 8.30. The largest absolute Gasteiger partial charge is 0.341 e. The van der Waals surface area contributed by atoms with Gasteiger partial charge in [0.1, 0.15) is 6.54 Å². The molecule has 1 atom stereocenters. The Morgan fingerprint density at radius 3 is 2.88 bits per heavy atom. The van der Waals surface area contributed by atoms with Gasteiger partial charge in [-0.3, -0.25) is 14.4 Å². The maximum Gasteiger partial charge on any atom is 0.267 e. The van der Waals surface area contributed by atoms with Crippen molar-refractivity contribution in [3.05, 3.63) is 52.7 Å². The Hall–Kier alpha value is -3.49. The van der Waals surface area contributed by atoms with Crippen LogP contribution in [0, 0.1) is 12.8 Å². The smallest absolute Gasteiger partial charge is 0.267 e. The fourth-order valence-corrected chi connectivity index (χ4v) is 4.22. The molecule has 0 saturated carbocycles. The average Bonchev–Trinajstić information content (AvgIpc) is 3.18. The minimum Gasteiger partial charge on any atom is -0.341 e. The Bertz CT molecular complexity index is 1200. The number of aromatic nitrogens is 4. The summed E-state index contributed by atoms with van der Waals surface area (Å²) in [5, 5.41) is 7.10. The third-order valence-electron chi connectivity index (χ3n) is 5.88. The molecule has 2 amide bonds. The Kier molecular flexibility index (Phi) is 6.34. The van der Waals surface area contributed by atoms with Crippen LogP contribution in [-0.2, 0) is 22.7 Å². The molecule has 3 aromatic rings. The second-order valence-electron chi connectivity index (χ2n) is 8.30. The lowest BCUT2D eigenvalue weighted by molar-refractivity contribution is -0.134. The maximum absolute atomic E-state index is 12.7. The van der Waals surface area contributed by atoms with Crippen molar-refractivity contribution < 1.29 is 9.59 Å². The number of piperidine rings is 1. The summed E-state index contributed by atoms with van der Waals surface area (Å²) in [7, 11) is 0. The van der Waals surface area contributed by atoms with E-state index in [0.717, 1.165) is 36.1 Å². The van der Waals surface area contributed by atoms with Gasteiger partial charge in [0.15, 0.2) is 0 Å². The Labute approximate surface area is 186 Å². The molecule has 3 heterocycles. The van der Waals surface area contributed by atoms with E-state index >= 15 is 0 Å². The number of rotatable bonds is 6. The number of amides is 2. The molecule has 0 spiro atoms. The van der Waals surface area contributed by atoms with Crippen LogP contribution in [0.1, 0.15) is 31.9 Å². The summed E-state index contributed by atoms with van der Waals surface area (Å²) >= 11 is 0. The molecular formula is C23H28N6O3. The van der Waals surface area contributed by atoms with Crippen molar-refractivity contribution >= 4 is 28.5 Å². The first-order valence-corrected chi connectivity index (χ1v) is 11.0. The standard InChI is InChI=1S/C23H28N6O3/c1-3-27-15-24-19-12-18(7-8-20(19)27)25-21(30)11-17-5-4-10-28(13-17)23(32)14-29-22(31)9-6-16(2)26-29/h6-9,12,15,17H,3-5,10-11,13-14H2,1-2H3,(H,25,30)/t17-/m0/s1. The highest BCUT2D eigenvalue weighted by atomic mass is 16.2. The van der Waals surface area contributed by atoms with Gasteiger partial charge in [-0.15, -0.1) is 0 Å². The number of likely N-dealkylation sites (tertiary alicyclic amines) is 1. The molecule has 1 aliphatic heterocycles. The van der Waals surface area contributed by atoms with Gasteiger partial charge in [-0.2, -0.15) is 5.10 Å². The minimum atomic E-state index is -0.294. The molecule has 1 saturated heterocycles. The Balaban J connectivity index is 1.34. The van der Waals surface area contributed by atoms with Crippen molar-refractivity contribution in [3.8, 4) is 0 Å². The van der Waals surface area contributed by atoms with Crippen molar-refractivity contribution in [3.63, 3.8) is 0 Å². The van der Waals surface area contributed by atoms with Crippen LogP contribution in [0.4, 0.5) is 5.69 Å². The van der Waals surface area contributed by atoms with Crippen molar-refractivity contribution in [1.29, 1.82) is 0 Å². The van der Waals surface area contributed by atoms with Crippen molar-refractivity contribution in [2.75, 3.05) is 18.4 Å². The minimum absolute atomic E-state index is 0.0739. The number of hydrogen-bond donors (Lipinski definition) is 1. The van der Waals surface area contributed by atoms with E-state index in [2.05, 4.69) is 26.9 Å². The summed E-state index contributed by atoms with van der Waals surface area (Å²) in [6, 6.07) is 8.78. The number of anilines is 1. The first-order chi connectivity index (χ1) is 15.4. The fourth-order valence-electron chi connectivity index (χ4n) is 4.22. The van der Waals surface area contributed by atoms with Crippen LogP contribution in [-0.4, -0.2) is 49.1 Å². The molecule has 2 aromatic heterocycles. The van der Waals surface area contributed by atoms with Crippen LogP contribution in [0.3, 0.4) is 0 Å². The number of imidazole rings is 1. The molecule has 1 fully saturated rings. The zero-order valence-electron chi connectivity index (χ0n) is 18.5. The Morgan fingerprint density at radius 2 is 2.06 bits per heavy atom. The zero-order valence-corrected chi connectivity index (χ0v) is 18.5. The van der Waals surface area contributed by atoms with Gasteiger partial charge in [0.25, 0.3) is 5.56 Å². The van der Waals surface area contributed by atoms with E-state index in [0.29, 0.717) is 25.2 Å². The van der Waals surface area contributed by atoms with E-state index in [4.69, 9.17) is 0 Å². The number of carbonyl (C=O) groups is 2. The highest BCUT2D eigenvalue weighted by molar-refractivity contribution is 5.93. The molecule has 0 unspecified atom stereocenters. The molecule has 1 aliphatic rings.